The summed E-state index contributed by atoms with van der Waals surface area (Å²) in [7, 11) is 0. The largest absolute Gasteiger partial charge is 0.398 e. The van der Waals surface area contributed by atoms with Gasteiger partial charge in [0.2, 0.25) is 0 Å². The maximum atomic E-state index is 13.5. The molecule has 0 heterocycles. The SMILES string of the molecule is Nc1ccc(Nc2ccc(N)c3c2C(=O)c2ccccc2C3=O)c2c1C(=O)c1ccccc1C2=O. The summed E-state index contributed by atoms with van der Waals surface area (Å²) in [5.74, 6) is -1.42. The van der Waals surface area contributed by atoms with E-state index in [1.807, 2.05) is 0 Å². The van der Waals surface area contributed by atoms with Gasteiger partial charge in [-0.25, -0.2) is 0 Å². The van der Waals surface area contributed by atoms with Gasteiger partial charge in [0.25, 0.3) is 0 Å². The number of anilines is 4. The van der Waals surface area contributed by atoms with Crippen LogP contribution in [-0.4, -0.2) is 23.1 Å². The molecule has 0 bridgehead atoms. The Labute approximate surface area is 199 Å². The molecule has 5 N–H and O–H groups in total. The summed E-state index contributed by atoms with van der Waals surface area (Å²) < 4.78 is 0. The molecule has 0 saturated heterocycles. The van der Waals surface area contributed by atoms with Crippen molar-refractivity contribution in [1.29, 1.82) is 0 Å². The molecule has 35 heavy (non-hydrogen) atoms. The highest BCUT2D eigenvalue weighted by Gasteiger charge is 2.36. The number of nitrogens with one attached hydrogen (secondary N) is 1. The lowest BCUT2D eigenvalue weighted by Gasteiger charge is -2.25. The van der Waals surface area contributed by atoms with Crippen molar-refractivity contribution < 1.29 is 19.2 Å². The molecule has 168 valence electrons. The Morgan fingerprint density at radius 3 is 1.09 bits per heavy atom. The van der Waals surface area contributed by atoms with Crippen molar-refractivity contribution in [2.45, 2.75) is 0 Å². The van der Waals surface area contributed by atoms with Crippen LogP contribution < -0.4 is 16.8 Å². The van der Waals surface area contributed by atoms with E-state index in [9.17, 15) is 19.2 Å². The molecule has 0 aliphatic heterocycles. The summed E-state index contributed by atoms with van der Waals surface area (Å²) in [6, 6.07) is 19.4. The van der Waals surface area contributed by atoms with Crippen molar-refractivity contribution in [3.63, 3.8) is 0 Å². The van der Waals surface area contributed by atoms with E-state index >= 15 is 0 Å². The van der Waals surface area contributed by atoms with Crippen LogP contribution in [0.15, 0.2) is 72.8 Å². The first-order chi connectivity index (χ1) is 16.9. The van der Waals surface area contributed by atoms with Gasteiger partial charge in [-0.2, -0.15) is 0 Å². The quantitative estimate of drug-likeness (QED) is 0.331. The zero-order chi connectivity index (χ0) is 24.4. The van der Waals surface area contributed by atoms with Crippen molar-refractivity contribution in [1.82, 2.24) is 0 Å². The normalized spacial score (nSPS) is 13.6. The molecule has 7 heteroatoms. The van der Waals surface area contributed by atoms with Gasteiger partial charge in [0.1, 0.15) is 0 Å². The van der Waals surface area contributed by atoms with Crippen molar-refractivity contribution in [2.75, 3.05) is 16.8 Å². The lowest BCUT2D eigenvalue weighted by Crippen LogP contribution is -2.25. The third kappa shape index (κ3) is 2.78. The van der Waals surface area contributed by atoms with Gasteiger partial charge in [-0.1, -0.05) is 48.5 Å². The minimum Gasteiger partial charge on any atom is -0.398 e. The summed E-state index contributed by atoms with van der Waals surface area (Å²) in [5, 5.41) is 3.12. The van der Waals surface area contributed by atoms with E-state index in [-0.39, 0.29) is 79.0 Å². The lowest BCUT2D eigenvalue weighted by molar-refractivity contribution is 0.0980. The number of fused-ring (bicyclic) bond motifs is 4. The molecule has 0 radical (unpaired) electrons. The zero-order valence-electron chi connectivity index (χ0n) is 18.2. The van der Waals surface area contributed by atoms with Crippen molar-refractivity contribution in [3.05, 3.63) is 117 Å². The predicted octanol–water partition coefficient (Wildman–Crippen LogP) is 4.15. The summed E-state index contributed by atoms with van der Waals surface area (Å²) >= 11 is 0. The number of rotatable bonds is 2. The smallest absolute Gasteiger partial charge is 0.196 e. The molecular formula is C28H17N3O4. The van der Waals surface area contributed by atoms with E-state index < -0.39 is 0 Å². The van der Waals surface area contributed by atoms with E-state index in [2.05, 4.69) is 5.32 Å². The Morgan fingerprint density at radius 1 is 0.429 bits per heavy atom. The molecule has 4 aromatic carbocycles. The fraction of sp³-hybridized carbons (Fsp3) is 0. The summed E-state index contributed by atoms with van der Waals surface area (Å²) in [4.78, 5) is 53.3. The van der Waals surface area contributed by atoms with Crippen LogP contribution in [0.1, 0.15) is 63.7 Å². The van der Waals surface area contributed by atoms with E-state index in [1.54, 1.807) is 60.7 Å². The molecule has 2 aliphatic rings. The monoisotopic (exact) mass is 459 g/mol. The predicted molar refractivity (Wildman–Crippen MR) is 132 cm³/mol. The molecule has 0 aromatic heterocycles. The molecule has 0 saturated carbocycles. The molecule has 2 aliphatic carbocycles. The molecule has 0 fully saturated rings. The van der Waals surface area contributed by atoms with E-state index in [1.165, 1.54) is 12.1 Å². The van der Waals surface area contributed by atoms with Gasteiger partial charge in [0.05, 0.1) is 33.6 Å². The molecule has 7 nitrogen and oxygen atoms in total. The van der Waals surface area contributed by atoms with Gasteiger partial charge >= 0.3 is 0 Å². The second-order valence-electron chi connectivity index (χ2n) is 8.44. The molecule has 4 aromatic rings. The van der Waals surface area contributed by atoms with Crippen LogP contribution in [0.2, 0.25) is 0 Å². The van der Waals surface area contributed by atoms with Crippen LogP contribution in [0.3, 0.4) is 0 Å². The van der Waals surface area contributed by atoms with Crippen LogP contribution in [0, 0.1) is 0 Å². The van der Waals surface area contributed by atoms with Gasteiger partial charge in [-0.15, -0.1) is 0 Å². The van der Waals surface area contributed by atoms with Crippen LogP contribution in [0.25, 0.3) is 0 Å². The Kier molecular flexibility index (Phi) is 4.25. The maximum Gasteiger partial charge on any atom is 0.196 e. The average Bonchev–Trinajstić information content (AvgIpc) is 2.87. The van der Waals surface area contributed by atoms with Crippen molar-refractivity contribution in [2.24, 2.45) is 0 Å². The molecule has 0 spiro atoms. The zero-order valence-corrected chi connectivity index (χ0v) is 18.2. The number of nitrogens with two attached hydrogens (primary N) is 2. The second kappa shape index (κ2) is 7.23. The van der Waals surface area contributed by atoms with E-state index in [0.29, 0.717) is 11.4 Å². The Bertz CT molecular complexity index is 1550. The Balaban J connectivity index is 1.54. The van der Waals surface area contributed by atoms with Crippen LogP contribution in [-0.2, 0) is 0 Å². The highest BCUT2D eigenvalue weighted by molar-refractivity contribution is 6.33. The molecule has 0 amide bonds. The number of hydrogen-bond donors (Lipinski definition) is 3. The first-order valence-electron chi connectivity index (χ1n) is 10.9. The minimum absolute atomic E-state index is 0.107. The highest BCUT2D eigenvalue weighted by Crippen LogP contribution is 2.40. The van der Waals surface area contributed by atoms with Crippen LogP contribution in [0.5, 0.6) is 0 Å². The minimum atomic E-state index is -0.359. The number of hydrogen-bond acceptors (Lipinski definition) is 7. The fourth-order valence-corrected chi connectivity index (χ4v) is 4.85. The van der Waals surface area contributed by atoms with Crippen molar-refractivity contribution >= 4 is 45.9 Å². The number of benzene rings is 4. The standard InChI is InChI=1S/C28H17N3O4/c29-17-9-11-19(23-21(17)25(32)13-5-1-3-7-15(13)27(23)34)31-20-12-10-18(30)22-24(20)28(35)16-8-4-2-6-14(16)26(22)33/h1-12,31H,29-30H2. The highest BCUT2D eigenvalue weighted by atomic mass is 16.1. The van der Waals surface area contributed by atoms with Crippen molar-refractivity contribution in [3.8, 4) is 0 Å². The molecule has 6 rings (SSSR count). The number of nitrogen functional groups attached to an aromatic ring is 2. The number of carbonyl (C=O) groups is 4. The van der Waals surface area contributed by atoms with Gasteiger partial charge in [0, 0.05) is 33.6 Å². The van der Waals surface area contributed by atoms with Gasteiger partial charge in [-0.3, -0.25) is 19.2 Å². The van der Waals surface area contributed by atoms with Gasteiger partial charge < -0.3 is 16.8 Å². The van der Waals surface area contributed by atoms with E-state index in [4.69, 9.17) is 11.5 Å². The first-order valence-corrected chi connectivity index (χ1v) is 10.9. The number of carbonyl (C=O) groups excluding carboxylic acids is 4. The Hall–Kier alpha value is -5.04. The number of ketones is 4. The second-order valence-corrected chi connectivity index (χ2v) is 8.44. The van der Waals surface area contributed by atoms with E-state index in [0.717, 1.165) is 0 Å². The van der Waals surface area contributed by atoms with Gasteiger partial charge in [-0.05, 0) is 24.3 Å². The summed E-state index contributed by atoms with van der Waals surface area (Å²) in [5.41, 5.74) is 14.8. The third-order valence-electron chi connectivity index (χ3n) is 6.49. The topological polar surface area (TPSA) is 132 Å². The fourth-order valence-electron chi connectivity index (χ4n) is 4.85. The average molecular weight is 459 g/mol. The maximum absolute atomic E-state index is 13.5. The Morgan fingerprint density at radius 2 is 0.743 bits per heavy atom. The summed E-state index contributed by atoms with van der Waals surface area (Å²) in [6.07, 6.45) is 0. The molecule has 0 atom stereocenters. The third-order valence-corrected chi connectivity index (χ3v) is 6.49. The first kappa shape index (κ1) is 20.6. The van der Waals surface area contributed by atoms with Crippen LogP contribution >= 0.6 is 0 Å². The van der Waals surface area contributed by atoms with Gasteiger partial charge in [0.15, 0.2) is 23.1 Å². The molecule has 0 unspecified atom stereocenters. The van der Waals surface area contributed by atoms with Crippen LogP contribution in [0.4, 0.5) is 22.7 Å². The molecular weight excluding hydrogens is 442 g/mol. The lowest BCUT2D eigenvalue weighted by atomic mass is 9.81. The summed E-state index contributed by atoms with van der Waals surface area (Å²) in [6.45, 7) is 0.